The summed E-state index contributed by atoms with van der Waals surface area (Å²) in [5.74, 6) is -17.2. The molecule has 15 amide bonds. The number of guanidine groups is 1. The van der Waals surface area contributed by atoms with E-state index in [1.54, 1.807) is 67.7 Å². The van der Waals surface area contributed by atoms with Crippen molar-refractivity contribution in [3.05, 3.63) is 77.7 Å². The number of para-hydroxylation sites is 1. The van der Waals surface area contributed by atoms with Crippen molar-refractivity contribution >= 4 is 123 Å². The molecule has 6 rings (SSSR count). The van der Waals surface area contributed by atoms with Gasteiger partial charge in [0, 0.05) is 88.1 Å². The van der Waals surface area contributed by atoms with Gasteiger partial charge in [-0.25, -0.2) is 5.10 Å². The Hall–Kier alpha value is -13.3. The Bertz CT molecular complexity index is 4750. The van der Waals surface area contributed by atoms with E-state index in [0.717, 1.165) is 54.1 Å². The summed E-state index contributed by atoms with van der Waals surface area (Å²) in [6, 6.07) is -2.76. The number of ketones is 1. The number of hydrogen-bond donors (Lipinski definition) is 24. The van der Waals surface area contributed by atoms with Crippen LogP contribution in [0.3, 0.4) is 0 Å². The van der Waals surface area contributed by atoms with Crippen LogP contribution in [0, 0.1) is 5.41 Å². The average Bonchev–Trinajstić information content (AvgIpc) is 1.48. The zero-order chi connectivity index (χ0) is 105. The molecule has 12 atom stereocenters. The number of ether oxygens (including phenoxy) is 2. The minimum atomic E-state index is -2.03. The Morgan fingerprint density at radius 1 is 0.556 bits per heavy atom. The molecule has 2 aromatic heterocycles. The van der Waals surface area contributed by atoms with E-state index < -0.39 is 263 Å². The first-order chi connectivity index (χ1) is 69.1. The largest absolute Gasteiger partial charge is 0.480 e. The van der Waals surface area contributed by atoms with Crippen molar-refractivity contribution < 1.29 is 121 Å². The molecule has 0 saturated carbocycles. The number of rotatable bonds is 63. The Balaban J connectivity index is 1.12. The normalized spacial score (nSPS) is 18.4. The summed E-state index contributed by atoms with van der Waals surface area (Å²) in [6.07, 6.45) is 13.6. The number of primary amides is 2. The molecule has 4 heterocycles. The molecule has 2 saturated heterocycles. The molecule has 49 heteroatoms. The summed E-state index contributed by atoms with van der Waals surface area (Å²) in [5.41, 5.74) is 18.7. The number of unbranched alkanes of at least 4 members (excludes halogenated alkanes) is 14. The molecule has 49 nitrogen and oxygen atoms in total. The number of aliphatic hydroxyl groups excluding tert-OH is 3. The lowest BCUT2D eigenvalue weighted by atomic mass is 9.99. The summed E-state index contributed by atoms with van der Waals surface area (Å²) < 4.78 is 10.8. The van der Waals surface area contributed by atoms with Crippen molar-refractivity contribution in [1.29, 1.82) is 5.41 Å². The number of aromatic amines is 2. The highest BCUT2D eigenvalue weighted by atomic mass is 16.5. The fraction of sp³-hybridized carbons (Fsp3) is 0.642. The lowest BCUT2D eigenvalue weighted by Crippen LogP contribution is -2.61. The van der Waals surface area contributed by atoms with E-state index >= 15 is 24.0 Å². The van der Waals surface area contributed by atoms with Gasteiger partial charge in [-0.3, -0.25) is 96.6 Å². The van der Waals surface area contributed by atoms with Crippen LogP contribution in [0.1, 0.15) is 229 Å². The fourth-order valence-corrected chi connectivity index (χ4v) is 16.5. The molecule has 144 heavy (non-hydrogen) atoms. The number of hydrogen-bond acceptors (Lipinski definition) is 28. The molecule has 2 aliphatic heterocycles. The maximum Gasteiger partial charge on any atom is 0.317 e. The van der Waals surface area contributed by atoms with Crippen molar-refractivity contribution in [2.24, 2.45) is 17.2 Å². The third-order valence-electron chi connectivity index (χ3n) is 24.4. The second-order valence-electron chi connectivity index (χ2n) is 36.1. The number of tetrazole rings is 1. The highest BCUT2D eigenvalue weighted by molar-refractivity contribution is 6.01. The van der Waals surface area contributed by atoms with Crippen LogP contribution in [-0.4, -0.2) is 331 Å². The van der Waals surface area contributed by atoms with E-state index in [2.05, 4.69) is 94.7 Å². The molecule has 798 valence electrons. The zero-order valence-electron chi connectivity index (χ0n) is 82.0. The van der Waals surface area contributed by atoms with E-state index in [9.17, 15) is 87.9 Å². The molecule has 0 aliphatic carbocycles. The van der Waals surface area contributed by atoms with E-state index in [4.69, 9.17) is 32.1 Å². The van der Waals surface area contributed by atoms with Crippen LogP contribution in [0.5, 0.6) is 0 Å². The number of carbonyl (C=O) groups excluding carboxylic acids is 16. The van der Waals surface area contributed by atoms with E-state index in [-0.39, 0.29) is 129 Å². The number of carboxylic acid groups (broad SMARTS) is 2. The molecular weight excluding hydrogens is 1880 g/mol. The van der Waals surface area contributed by atoms with Crippen molar-refractivity contribution in [2.75, 3.05) is 85.5 Å². The molecule has 2 fully saturated rings. The third-order valence-corrected chi connectivity index (χ3v) is 24.4. The predicted octanol–water partition coefficient (Wildman–Crippen LogP) is -2.61. The smallest absolute Gasteiger partial charge is 0.317 e. The van der Waals surface area contributed by atoms with Gasteiger partial charge in [-0.15, -0.1) is 5.10 Å². The minimum absolute atomic E-state index is 0.0299. The Morgan fingerprint density at radius 2 is 1.13 bits per heavy atom. The molecule has 2 aromatic carbocycles. The summed E-state index contributed by atoms with van der Waals surface area (Å²) >= 11 is 0. The van der Waals surface area contributed by atoms with E-state index in [0.29, 0.717) is 34.9 Å². The number of carbonyl (C=O) groups is 18. The monoisotopic (exact) mass is 2030 g/mol. The summed E-state index contributed by atoms with van der Waals surface area (Å²) in [4.78, 5) is 254. The molecule has 0 bridgehead atoms. The number of aliphatic hydroxyl groups is 3. The molecule has 27 N–H and O–H groups in total. The van der Waals surface area contributed by atoms with Crippen LogP contribution in [0.2, 0.25) is 0 Å². The van der Waals surface area contributed by atoms with Gasteiger partial charge < -0.3 is 131 Å². The van der Waals surface area contributed by atoms with Gasteiger partial charge in [0.15, 0.2) is 5.96 Å². The number of amides is 15. The van der Waals surface area contributed by atoms with Gasteiger partial charge in [-0.05, 0) is 111 Å². The number of H-pyrrole nitrogens is 2. The molecule has 0 spiro atoms. The first-order valence-electron chi connectivity index (χ1n) is 49.7. The molecule has 0 radical (unpaired) electrons. The van der Waals surface area contributed by atoms with Gasteiger partial charge in [0.25, 0.3) is 0 Å². The molecular formula is C95H148N24O25. The van der Waals surface area contributed by atoms with Gasteiger partial charge in [-0.2, -0.15) is 0 Å². The van der Waals surface area contributed by atoms with Gasteiger partial charge in [0.05, 0.1) is 58.8 Å². The SMILES string of the molecule is CCCC[C@H](NC(=O)[C@H](CCCCN(CC(=O)O)CC(=O)O)NC(=O)[C@H](CO)NC(=O)[C@H](CCC(N)=O)NC(=O)[C@H](CO)NC(=O)CNC(=O)COCCOCCNC(=O)CCCCCCCCCCCCCCCc1nnn[nH]1)C(=O)N[C@H]1CCC(=O)CCCCC[C@@H](C(N)=O)NC(=O)[C@H](Cc2c[nH]c3ccccc23)NC(=O)[C@H](CCCNC(=N)N)NC(=O)[C@@H](Cc2ccccc2)NC(=O)[C@@H]2C[C@@H](O)CN2C1=O. The number of nitrogens with two attached hydrogens (primary N) is 3. The maximum atomic E-state index is 15.5. The van der Waals surface area contributed by atoms with Crippen LogP contribution in [0.4, 0.5) is 0 Å². The number of aromatic nitrogens is 5. The second kappa shape index (κ2) is 67.3. The van der Waals surface area contributed by atoms with Crippen molar-refractivity contribution in [3.63, 3.8) is 0 Å². The number of nitrogens with zero attached hydrogens (tertiary/aromatic N) is 5. The number of aliphatic carboxylic acids is 2. The minimum Gasteiger partial charge on any atom is -0.480 e. The van der Waals surface area contributed by atoms with E-state index in [1.807, 2.05) is 0 Å². The summed E-state index contributed by atoms with van der Waals surface area (Å²) in [5, 5.41) is 107. The van der Waals surface area contributed by atoms with Gasteiger partial charge in [0.1, 0.15) is 84.7 Å². The quantitative estimate of drug-likeness (QED) is 0.0122. The van der Waals surface area contributed by atoms with Gasteiger partial charge >= 0.3 is 11.9 Å². The topological polar surface area (TPSA) is 762 Å². The number of benzene rings is 2. The lowest BCUT2D eigenvalue weighted by molar-refractivity contribution is -0.143. The Morgan fingerprint density at radius 3 is 1.76 bits per heavy atom. The highest BCUT2D eigenvalue weighted by Gasteiger charge is 2.44. The number of aryl methyl sites for hydroxylation is 1. The zero-order valence-corrected chi connectivity index (χ0v) is 82.0. The molecule has 0 unspecified atom stereocenters. The lowest BCUT2D eigenvalue weighted by Gasteiger charge is -2.31. The van der Waals surface area contributed by atoms with Crippen LogP contribution >= 0.6 is 0 Å². The van der Waals surface area contributed by atoms with Crippen LogP contribution in [-0.2, 0) is 115 Å². The first kappa shape index (κ1) is 119. The van der Waals surface area contributed by atoms with Crippen LogP contribution < -0.4 is 86.3 Å². The molecule has 4 aromatic rings. The predicted molar refractivity (Wildman–Crippen MR) is 521 cm³/mol. The second-order valence-corrected chi connectivity index (χ2v) is 36.1. The van der Waals surface area contributed by atoms with Gasteiger partial charge in [0.2, 0.25) is 88.6 Å². The van der Waals surface area contributed by atoms with E-state index in [1.165, 1.54) is 51.4 Å². The Labute approximate surface area is 835 Å². The van der Waals surface area contributed by atoms with Gasteiger partial charge in [-0.1, -0.05) is 152 Å². The van der Waals surface area contributed by atoms with Crippen molar-refractivity contribution in [1.82, 2.24) is 105 Å². The number of Topliss-reactive ketones (excluding diaryl/α,β-unsaturated/α-hetero) is 1. The average molecular weight is 2030 g/mol. The standard InChI is InChI=1S/C95H148N24O25/c1-2-3-32-67(86(134)110-71-40-39-62(122)30-19-16-20-34-66(84(97)132)105-90(138)73(50-61-52-102-65-33-24-23-31-64(61)65)111-87(135)69(36-27-43-101-95(98)99)107-89(137)72(49-60-28-17-15-18-29-60)112-93(141)76-51-63(123)54-119(76)94(71)142)106-85(133)68(35-25-26-45-118(55-82(128)129)56-83(130)131)108-92(140)75(58-121)113-88(136)70(41-42-77(96)124)109-91(139)74(57-120)104-80(126)53-103-81(127)59-144-48-47-143-46-44-100-79(125)38-22-14-12-10-8-6-4-5-7-9-11-13-21-37-78-114-116-117-115-78/h15,17-18,23-24,28-29,31,33,52,63,66-76,102,120-121,123H,2-14,16,19-22,25-27,30,32,34-51,53-59H2,1H3,(H2,96,124)(H2,97,132)(H,100,125)(H,103,127)(H,104,126)(H,105,138)(H,106,133)(H,107,137)(H,108,140)(H,109,139)(H,110,134)(H,111,135)(H,112,141)(H,113,136)(H,128,129)(H,130,131)(H4,98,99,101)(H,114,115,116,117)/t63-,66+,67+,68+,69+,70+,71+,72-,73+,74+,75+,76+/m1/s1. The Kier molecular flexibility index (Phi) is 55.8. The third kappa shape index (κ3) is 46.9. The number of nitrogens with one attached hydrogen (secondary N) is 16. The number of carboxylic acids is 2. The fourth-order valence-electron chi connectivity index (χ4n) is 16.5. The summed E-state index contributed by atoms with van der Waals surface area (Å²) in [7, 11) is 0. The first-order valence-corrected chi connectivity index (χ1v) is 49.7. The molecule has 2 aliphatic rings. The maximum absolute atomic E-state index is 15.5. The summed E-state index contributed by atoms with van der Waals surface area (Å²) in [6.45, 7) is -3.59. The van der Waals surface area contributed by atoms with Crippen molar-refractivity contribution in [2.45, 2.75) is 304 Å². The van der Waals surface area contributed by atoms with Crippen LogP contribution in [0.15, 0.2) is 60.8 Å². The van der Waals surface area contributed by atoms with Crippen molar-refractivity contribution in [3.8, 4) is 0 Å². The highest BCUT2D eigenvalue weighted by Crippen LogP contribution is 2.25. The van der Waals surface area contributed by atoms with Crippen LogP contribution in [0.25, 0.3) is 10.9 Å². The number of fused-ring (bicyclic) bond motifs is 2.